The summed E-state index contributed by atoms with van der Waals surface area (Å²) in [5, 5.41) is 7.46. The fourth-order valence-corrected chi connectivity index (χ4v) is 4.58. The molecule has 1 aromatic heterocycles. The molecule has 0 fully saturated rings. The molecule has 4 rings (SSSR count). The Balaban J connectivity index is 1.92. The first-order chi connectivity index (χ1) is 17.4. The van der Waals surface area contributed by atoms with Gasteiger partial charge in [-0.15, -0.1) is 12.2 Å². The van der Waals surface area contributed by atoms with Gasteiger partial charge in [0.1, 0.15) is 5.69 Å². The van der Waals surface area contributed by atoms with Gasteiger partial charge >= 0.3 is 6.18 Å². The highest BCUT2D eigenvalue weighted by atomic mass is 19.4. The number of hydrazine groups is 1. The normalized spacial score (nSPS) is 16.3. The summed E-state index contributed by atoms with van der Waals surface area (Å²) in [7, 11) is 0. The van der Waals surface area contributed by atoms with Gasteiger partial charge in [0.05, 0.1) is 18.3 Å². The van der Waals surface area contributed by atoms with Crippen molar-refractivity contribution in [2.24, 2.45) is 0 Å². The summed E-state index contributed by atoms with van der Waals surface area (Å²) in [6, 6.07) is 10.4. The minimum Gasteiger partial charge on any atom is -0.306 e. The highest BCUT2D eigenvalue weighted by molar-refractivity contribution is 5.58. The van der Waals surface area contributed by atoms with Crippen molar-refractivity contribution in [3.05, 3.63) is 101 Å². The van der Waals surface area contributed by atoms with Gasteiger partial charge in [0.25, 0.3) is 0 Å². The first kappa shape index (κ1) is 25.4. The van der Waals surface area contributed by atoms with Gasteiger partial charge in [0.2, 0.25) is 0 Å². The second-order valence-electron chi connectivity index (χ2n) is 8.74. The van der Waals surface area contributed by atoms with E-state index in [9.17, 15) is 13.2 Å². The molecule has 0 radical (unpaired) electrons. The number of alkyl halides is 3. The molecule has 0 amide bonds. The molecule has 36 heavy (non-hydrogen) atoms. The van der Waals surface area contributed by atoms with Crippen molar-refractivity contribution in [2.45, 2.75) is 44.8 Å². The number of nitrogens with one attached hydrogen (secondary N) is 1. The summed E-state index contributed by atoms with van der Waals surface area (Å²) in [6.45, 7) is 7.41. The molecule has 2 aromatic rings. The summed E-state index contributed by atoms with van der Waals surface area (Å²) < 4.78 is 40.6. The standard InChI is InChI=1S/C29H29F3N4/c1-4-16-34-28(23-13-11-21(5-2)12-14-23)27-22(6-3)9-7-10-25(27)36(35-18-8-19-35)24-15-17-33-26(20-24)29(30,31)32/h2,8,11-15,17-18,20,28,34H,3-4,7,9-10,16,19H2,1H3. The zero-order valence-corrected chi connectivity index (χ0v) is 20.3. The van der Waals surface area contributed by atoms with E-state index in [0.717, 1.165) is 59.8 Å². The van der Waals surface area contributed by atoms with Gasteiger partial charge in [-0.3, -0.25) is 15.0 Å². The van der Waals surface area contributed by atoms with Gasteiger partial charge in [0, 0.05) is 34.8 Å². The summed E-state index contributed by atoms with van der Waals surface area (Å²) >= 11 is 0. The molecule has 7 heteroatoms. The molecule has 4 nitrogen and oxygen atoms in total. The number of aromatic nitrogens is 1. The Hall–Kier alpha value is -3.72. The van der Waals surface area contributed by atoms with E-state index in [-0.39, 0.29) is 6.04 Å². The number of hydrogen-bond donors (Lipinski definition) is 1. The second kappa shape index (κ2) is 10.9. The maximum Gasteiger partial charge on any atom is 0.433 e. The van der Waals surface area contributed by atoms with E-state index in [1.165, 1.54) is 6.20 Å². The third-order valence-electron chi connectivity index (χ3n) is 6.35. The molecule has 1 aliphatic carbocycles. The number of pyridine rings is 1. The fourth-order valence-electron chi connectivity index (χ4n) is 4.58. The van der Waals surface area contributed by atoms with Crippen LogP contribution < -0.4 is 10.3 Å². The van der Waals surface area contributed by atoms with Crippen LogP contribution in [0.5, 0.6) is 0 Å². The van der Waals surface area contributed by atoms with Crippen LogP contribution in [-0.2, 0) is 6.18 Å². The minimum absolute atomic E-state index is 0.201. The molecule has 1 unspecified atom stereocenters. The molecule has 2 heterocycles. The van der Waals surface area contributed by atoms with Crippen LogP contribution in [0.1, 0.15) is 55.5 Å². The lowest BCUT2D eigenvalue weighted by atomic mass is 9.83. The number of anilines is 1. The predicted molar refractivity (Wildman–Crippen MR) is 137 cm³/mol. The molecule has 2 aliphatic rings. The number of benzene rings is 1. The van der Waals surface area contributed by atoms with Crippen LogP contribution in [0.15, 0.2) is 84.0 Å². The van der Waals surface area contributed by atoms with Gasteiger partial charge in [-0.25, -0.2) is 0 Å². The van der Waals surface area contributed by atoms with Crippen molar-refractivity contribution in [2.75, 3.05) is 18.1 Å². The summed E-state index contributed by atoms with van der Waals surface area (Å²) in [6.07, 6.45) is 9.35. The lowest BCUT2D eigenvalue weighted by molar-refractivity contribution is -0.141. The molecular weight excluding hydrogens is 461 g/mol. The van der Waals surface area contributed by atoms with Crippen LogP contribution in [0.25, 0.3) is 0 Å². The fraction of sp³-hybridized carbons (Fsp3) is 0.310. The first-order valence-corrected chi connectivity index (χ1v) is 12.1. The number of terminal acetylenes is 1. The Morgan fingerprint density at radius 1 is 1.22 bits per heavy atom. The topological polar surface area (TPSA) is 31.4 Å². The lowest BCUT2D eigenvalue weighted by Crippen LogP contribution is -2.44. The molecule has 0 saturated carbocycles. The van der Waals surface area contributed by atoms with E-state index in [1.807, 2.05) is 46.6 Å². The quantitative estimate of drug-likeness (QED) is 0.337. The Bertz CT molecular complexity index is 1240. The van der Waals surface area contributed by atoms with Crippen molar-refractivity contribution >= 4 is 5.69 Å². The van der Waals surface area contributed by atoms with E-state index in [1.54, 1.807) is 6.07 Å². The summed E-state index contributed by atoms with van der Waals surface area (Å²) in [4.78, 5) is 3.57. The predicted octanol–water partition coefficient (Wildman–Crippen LogP) is 6.52. The maximum atomic E-state index is 13.5. The van der Waals surface area contributed by atoms with Crippen molar-refractivity contribution in [1.29, 1.82) is 0 Å². The van der Waals surface area contributed by atoms with Crippen molar-refractivity contribution in [3.8, 4) is 12.3 Å². The Morgan fingerprint density at radius 3 is 2.56 bits per heavy atom. The maximum absolute atomic E-state index is 13.5. The van der Waals surface area contributed by atoms with Crippen molar-refractivity contribution in [3.63, 3.8) is 0 Å². The number of halogens is 3. The minimum atomic E-state index is -4.54. The molecule has 0 spiro atoms. The largest absolute Gasteiger partial charge is 0.433 e. The van der Waals surface area contributed by atoms with E-state index in [0.29, 0.717) is 18.7 Å². The van der Waals surface area contributed by atoms with E-state index >= 15 is 0 Å². The van der Waals surface area contributed by atoms with Crippen molar-refractivity contribution < 1.29 is 13.2 Å². The van der Waals surface area contributed by atoms with Gasteiger partial charge in [-0.1, -0.05) is 31.6 Å². The first-order valence-electron chi connectivity index (χ1n) is 12.1. The zero-order chi connectivity index (χ0) is 25.7. The van der Waals surface area contributed by atoms with Crippen LogP contribution in [0, 0.1) is 12.3 Å². The summed E-state index contributed by atoms with van der Waals surface area (Å²) in [5.41, 5.74) is 7.31. The van der Waals surface area contributed by atoms with Crippen LogP contribution in [0.2, 0.25) is 0 Å². The smallest absolute Gasteiger partial charge is 0.306 e. The number of nitrogens with zero attached hydrogens (tertiary/aromatic N) is 3. The van der Waals surface area contributed by atoms with Gasteiger partial charge in [-0.2, -0.15) is 13.2 Å². The average Bonchev–Trinajstić information content (AvgIpc) is 2.86. The molecule has 0 saturated heterocycles. The number of hydrogen-bond acceptors (Lipinski definition) is 4. The highest BCUT2D eigenvalue weighted by Crippen LogP contribution is 2.42. The SMILES string of the molecule is C#Cc1ccc(C(NCCC)C2=C(N(c3ccnc(C(F)(F)F)c3)N3C=CC3)CCCC2=C=C)cc1. The molecule has 1 aliphatic heterocycles. The van der Waals surface area contributed by atoms with Gasteiger partial charge < -0.3 is 5.32 Å². The van der Waals surface area contributed by atoms with Crippen LogP contribution in [0.4, 0.5) is 18.9 Å². The van der Waals surface area contributed by atoms with Crippen LogP contribution in [-0.4, -0.2) is 23.1 Å². The Kier molecular flexibility index (Phi) is 7.69. The molecule has 1 aromatic carbocycles. The second-order valence-corrected chi connectivity index (χ2v) is 8.74. The Labute approximate surface area is 210 Å². The monoisotopic (exact) mass is 490 g/mol. The average molecular weight is 491 g/mol. The lowest BCUT2D eigenvalue weighted by Gasteiger charge is -2.44. The van der Waals surface area contributed by atoms with Crippen LogP contribution in [0.3, 0.4) is 0 Å². The number of allylic oxidation sites excluding steroid dienone is 1. The Morgan fingerprint density at radius 2 is 1.97 bits per heavy atom. The molecule has 1 atom stereocenters. The van der Waals surface area contributed by atoms with E-state index < -0.39 is 11.9 Å². The zero-order valence-electron chi connectivity index (χ0n) is 20.3. The molecule has 1 N–H and O–H groups in total. The summed E-state index contributed by atoms with van der Waals surface area (Å²) in [5.74, 6) is 2.65. The van der Waals surface area contributed by atoms with E-state index in [4.69, 9.17) is 6.42 Å². The van der Waals surface area contributed by atoms with Crippen molar-refractivity contribution in [1.82, 2.24) is 15.3 Å². The highest BCUT2D eigenvalue weighted by Gasteiger charge is 2.35. The molecular formula is C29H29F3N4. The third-order valence-corrected chi connectivity index (χ3v) is 6.35. The van der Waals surface area contributed by atoms with Crippen LogP contribution >= 0.6 is 0 Å². The third kappa shape index (κ3) is 5.26. The van der Waals surface area contributed by atoms with Gasteiger partial charge in [0.15, 0.2) is 0 Å². The molecule has 0 bridgehead atoms. The molecule has 186 valence electrons. The van der Waals surface area contributed by atoms with E-state index in [2.05, 4.69) is 35.5 Å². The number of rotatable bonds is 8. The van der Waals surface area contributed by atoms with Gasteiger partial charge in [-0.05, 0) is 68.1 Å².